The van der Waals surface area contributed by atoms with Crippen molar-refractivity contribution in [2.75, 3.05) is 26.3 Å². The number of hydrogen-bond acceptors (Lipinski definition) is 4. The van der Waals surface area contributed by atoms with Crippen LogP contribution in [0, 0.1) is 18.3 Å². The number of pyridine rings is 1. The first-order valence-corrected chi connectivity index (χ1v) is 8.80. The summed E-state index contributed by atoms with van der Waals surface area (Å²) < 4.78 is 6.42. The van der Waals surface area contributed by atoms with E-state index in [1.165, 1.54) is 0 Å². The van der Waals surface area contributed by atoms with Crippen LogP contribution >= 0.6 is 15.9 Å². The second kappa shape index (κ2) is 6.66. The first-order valence-electron chi connectivity index (χ1n) is 8.00. The molecule has 1 aromatic rings. The highest BCUT2D eigenvalue weighted by atomic mass is 79.9. The van der Waals surface area contributed by atoms with E-state index in [0.29, 0.717) is 6.04 Å². The molecule has 0 amide bonds. The minimum absolute atomic E-state index is 0.409. The topological polar surface area (TPSA) is 49.2 Å². The van der Waals surface area contributed by atoms with Crippen LogP contribution in [0.3, 0.4) is 0 Å². The smallest absolute Gasteiger partial charge is 0.0996 e. The van der Waals surface area contributed by atoms with Gasteiger partial charge in [0, 0.05) is 29.8 Å². The van der Waals surface area contributed by atoms with E-state index in [1.807, 2.05) is 6.20 Å². The van der Waals surface area contributed by atoms with E-state index in [0.717, 1.165) is 67.7 Å². The fourth-order valence-corrected chi connectivity index (χ4v) is 4.29. The van der Waals surface area contributed by atoms with Gasteiger partial charge in [0.25, 0.3) is 0 Å². The quantitative estimate of drug-likeness (QED) is 0.809. The third kappa shape index (κ3) is 3.05. The Balaban J connectivity index is 1.75. The van der Waals surface area contributed by atoms with Crippen LogP contribution in [0.1, 0.15) is 36.9 Å². The maximum atomic E-state index is 9.85. The molecular formula is C17H22BrN3O. The fourth-order valence-electron chi connectivity index (χ4n) is 3.85. The number of aryl methyl sites for hydroxylation is 1. The van der Waals surface area contributed by atoms with Gasteiger partial charge >= 0.3 is 0 Å². The molecule has 0 radical (unpaired) electrons. The number of rotatable bonds is 2. The predicted octanol–water partition coefficient (Wildman–Crippen LogP) is 3.19. The van der Waals surface area contributed by atoms with Crippen LogP contribution in [-0.2, 0) is 10.2 Å². The molecule has 0 unspecified atom stereocenters. The van der Waals surface area contributed by atoms with Gasteiger partial charge in [0.15, 0.2) is 0 Å². The molecule has 1 aliphatic carbocycles. The molecule has 1 aliphatic heterocycles. The van der Waals surface area contributed by atoms with Crippen LogP contribution in [-0.4, -0.2) is 42.2 Å². The van der Waals surface area contributed by atoms with E-state index in [1.54, 1.807) is 0 Å². The van der Waals surface area contributed by atoms with Crippen LogP contribution in [0.25, 0.3) is 0 Å². The van der Waals surface area contributed by atoms with E-state index in [2.05, 4.69) is 44.9 Å². The van der Waals surface area contributed by atoms with Gasteiger partial charge < -0.3 is 4.74 Å². The number of halogens is 1. The van der Waals surface area contributed by atoms with E-state index < -0.39 is 5.41 Å². The summed E-state index contributed by atoms with van der Waals surface area (Å²) in [5.41, 5.74) is 1.67. The number of ether oxygens (including phenoxy) is 1. The highest BCUT2D eigenvalue weighted by Crippen LogP contribution is 2.41. The number of nitriles is 1. The Bertz CT molecular complexity index is 570. The van der Waals surface area contributed by atoms with Gasteiger partial charge in [-0.05, 0) is 60.2 Å². The Kier molecular flexibility index (Phi) is 4.82. The lowest BCUT2D eigenvalue weighted by Crippen LogP contribution is -2.47. The summed E-state index contributed by atoms with van der Waals surface area (Å²) in [5.74, 6) is 0. The monoisotopic (exact) mass is 363 g/mol. The van der Waals surface area contributed by atoms with Crippen molar-refractivity contribution in [3.63, 3.8) is 0 Å². The minimum Gasteiger partial charge on any atom is -0.379 e. The molecule has 2 fully saturated rings. The van der Waals surface area contributed by atoms with Crippen molar-refractivity contribution >= 4 is 15.9 Å². The molecule has 0 aromatic carbocycles. The molecule has 4 nitrogen and oxygen atoms in total. The molecule has 2 heterocycles. The van der Waals surface area contributed by atoms with Gasteiger partial charge in [-0.2, -0.15) is 5.26 Å². The summed E-state index contributed by atoms with van der Waals surface area (Å²) in [6.07, 6.45) is 5.77. The second-order valence-corrected chi connectivity index (χ2v) is 7.31. The maximum Gasteiger partial charge on any atom is 0.0996 e. The first kappa shape index (κ1) is 15.9. The lowest BCUT2D eigenvalue weighted by Gasteiger charge is -2.41. The Hall–Kier alpha value is -0.960. The van der Waals surface area contributed by atoms with Crippen LogP contribution in [0.5, 0.6) is 0 Å². The van der Waals surface area contributed by atoms with Crippen molar-refractivity contribution in [3.05, 3.63) is 28.0 Å². The third-order valence-electron chi connectivity index (χ3n) is 5.08. The molecule has 2 aliphatic rings. The lowest BCUT2D eigenvalue weighted by atomic mass is 9.70. The van der Waals surface area contributed by atoms with Crippen molar-refractivity contribution in [3.8, 4) is 6.07 Å². The Morgan fingerprint density at radius 3 is 2.64 bits per heavy atom. The Morgan fingerprint density at radius 1 is 1.36 bits per heavy atom. The van der Waals surface area contributed by atoms with Gasteiger partial charge in [-0.3, -0.25) is 9.88 Å². The van der Waals surface area contributed by atoms with Crippen molar-refractivity contribution in [1.29, 1.82) is 5.26 Å². The van der Waals surface area contributed by atoms with Crippen molar-refractivity contribution in [2.45, 2.75) is 44.1 Å². The van der Waals surface area contributed by atoms with Gasteiger partial charge in [0.2, 0.25) is 0 Å². The number of nitrogens with zero attached hydrogens (tertiary/aromatic N) is 3. The van der Waals surface area contributed by atoms with Gasteiger partial charge in [-0.15, -0.1) is 0 Å². The van der Waals surface area contributed by atoms with Gasteiger partial charge in [0.05, 0.1) is 30.4 Å². The predicted molar refractivity (Wildman–Crippen MR) is 88.6 cm³/mol. The van der Waals surface area contributed by atoms with Gasteiger partial charge in [-0.25, -0.2) is 0 Å². The number of morpholine rings is 1. The molecule has 0 bridgehead atoms. The van der Waals surface area contributed by atoms with E-state index in [9.17, 15) is 5.26 Å². The van der Waals surface area contributed by atoms with Crippen LogP contribution in [0.15, 0.2) is 16.7 Å². The van der Waals surface area contributed by atoms with E-state index in [4.69, 9.17) is 4.74 Å². The van der Waals surface area contributed by atoms with E-state index in [-0.39, 0.29) is 0 Å². The van der Waals surface area contributed by atoms with Crippen LogP contribution in [0.4, 0.5) is 0 Å². The molecule has 0 spiro atoms. The molecule has 0 atom stereocenters. The zero-order chi connectivity index (χ0) is 15.6. The zero-order valence-corrected chi connectivity index (χ0v) is 14.6. The summed E-state index contributed by atoms with van der Waals surface area (Å²) in [6.45, 7) is 5.79. The number of aromatic nitrogens is 1. The molecule has 5 heteroatoms. The normalized spacial score (nSPS) is 30.0. The Morgan fingerprint density at radius 2 is 2.05 bits per heavy atom. The summed E-state index contributed by atoms with van der Waals surface area (Å²) >= 11 is 3.46. The SMILES string of the molecule is Cc1cc(Br)cnc1C1(C#N)CCC(N2CCOCC2)CC1. The molecule has 1 saturated heterocycles. The average molecular weight is 364 g/mol. The third-order valence-corrected chi connectivity index (χ3v) is 5.52. The Labute approximate surface area is 140 Å². The maximum absolute atomic E-state index is 9.85. The molecule has 1 saturated carbocycles. The molecule has 1 aromatic heterocycles. The van der Waals surface area contributed by atoms with Crippen LogP contribution in [0.2, 0.25) is 0 Å². The minimum atomic E-state index is -0.409. The lowest BCUT2D eigenvalue weighted by molar-refractivity contribution is 0.00491. The van der Waals surface area contributed by atoms with Crippen molar-refractivity contribution < 1.29 is 4.74 Å². The van der Waals surface area contributed by atoms with Gasteiger partial charge in [0.1, 0.15) is 0 Å². The molecular weight excluding hydrogens is 342 g/mol. The first-order chi connectivity index (χ1) is 10.6. The highest BCUT2D eigenvalue weighted by molar-refractivity contribution is 9.10. The summed E-state index contributed by atoms with van der Waals surface area (Å²) in [4.78, 5) is 7.11. The molecule has 3 rings (SSSR count). The molecule has 22 heavy (non-hydrogen) atoms. The van der Waals surface area contributed by atoms with Crippen molar-refractivity contribution in [2.24, 2.45) is 0 Å². The second-order valence-electron chi connectivity index (χ2n) is 6.39. The van der Waals surface area contributed by atoms with Gasteiger partial charge in [-0.1, -0.05) is 0 Å². The number of hydrogen-bond donors (Lipinski definition) is 0. The summed E-state index contributed by atoms with van der Waals surface area (Å²) in [7, 11) is 0. The largest absolute Gasteiger partial charge is 0.379 e. The highest BCUT2D eigenvalue weighted by Gasteiger charge is 2.40. The summed E-state index contributed by atoms with van der Waals surface area (Å²) in [5, 5.41) is 9.85. The fraction of sp³-hybridized carbons (Fsp3) is 0.647. The molecule has 0 N–H and O–H groups in total. The average Bonchev–Trinajstić information content (AvgIpc) is 2.56. The molecule has 118 valence electrons. The van der Waals surface area contributed by atoms with Crippen molar-refractivity contribution in [1.82, 2.24) is 9.88 Å². The standard InChI is InChI=1S/C17H22BrN3O/c1-13-10-14(18)11-20-16(13)17(12-19)4-2-15(3-5-17)21-6-8-22-9-7-21/h10-11,15H,2-9H2,1H3. The van der Waals surface area contributed by atoms with E-state index >= 15 is 0 Å². The van der Waals surface area contributed by atoms with Crippen LogP contribution < -0.4 is 0 Å². The summed E-state index contributed by atoms with van der Waals surface area (Å²) in [6, 6.07) is 5.26. The zero-order valence-electron chi connectivity index (χ0n) is 13.0.